The molecule has 26 heavy (non-hydrogen) atoms. The molecule has 8 heteroatoms. The molecule has 140 valence electrons. The fraction of sp³-hybridized carbons (Fsp3) is 0.500. The molecule has 8 nitrogen and oxygen atoms in total. The Hall–Kier alpha value is -2.61. The van der Waals surface area contributed by atoms with E-state index in [1.54, 1.807) is 0 Å². The van der Waals surface area contributed by atoms with Crippen molar-refractivity contribution in [2.24, 2.45) is 21.5 Å². The highest BCUT2D eigenvalue weighted by molar-refractivity contribution is 6.06. The van der Waals surface area contributed by atoms with Gasteiger partial charge in [0.15, 0.2) is 0 Å². The Labute approximate surface area is 153 Å². The molecule has 1 aliphatic carbocycles. The Kier molecular flexibility index (Phi) is 5.13. The second-order valence-corrected chi connectivity index (χ2v) is 6.80. The maximum atomic E-state index is 11.9. The minimum absolute atomic E-state index is 0.00128. The number of carbonyl (C=O) groups is 1. The molecule has 5 N–H and O–H groups in total. The van der Waals surface area contributed by atoms with Crippen molar-refractivity contribution in [3.63, 3.8) is 0 Å². The highest BCUT2D eigenvalue weighted by Gasteiger charge is 2.43. The molecule has 2 aliphatic rings. The number of nitrogens with one attached hydrogen (secondary N) is 1. The summed E-state index contributed by atoms with van der Waals surface area (Å²) in [6.07, 6.45) is 5.02. The minimum Gasteiger partial charge on any atom is -0.375 e. The Bertz CT molecular complexity index is 752. The van der Waals surface area contributed by atoms with Crippen LogP contribution >= 0.6 is 0 Å². The third-order valence-corrected chi connectivity index (χ3v) is 4.86. The van der Waals surface area contributed by atoms with E-state index >= 15 is 0 Å². The van der Waals surface area contributed by atoms with Gasteiger partial charge in [-0.2, -0.15) is 4.99 Å². The van der Waals surface area contributed by atoms with E-state index in [0.717, 1.165) is 36.9 Å². The normalized spacial score (nSPS) is 19.1. The lowest BCUT2D eigenvalue weighted by Gasteiger charge is -2.46. The molecule has 1 amide bonds. The molecule has 3 rings (SSSR count). The average Bonchev–Trinajstić information content (AvgIpc) is 2.58. The van der Waals surface area contributed by atoms with Crippen molar-refractivity contribution >= 4 is 29.2 Å². The summed E-state index contributed by atoms with van der Waals surface area (Å²) < 4.78 is 4.87. The van der Waals surface area contributed by atoms with Gasteiger partial charge >= 0.3 is 0 Å². The van der Waals surface area contributed by atoms with E-state index in [1.807, 2.05) is 30.0 Å². The molecule has 1 heterocycles. The van der Waals surface area contributed by atoms with Crippen LogP contribution in [0.1, 0.15) is 37.7 Å². The van der Waals surface area contributed by atoms with E-state index in [1.165, 1.54) is 13.5 Å². The lowest BCUT2D eigenvalue weighted by atomic mass is 9.87. The fourth-order valence-electron chi connectivity index (χ4n) is 3.73. The van der Waals surface area contributed by atoms with Crippen molar-refractivity contribution in [2.45, 2.75) is 44.7 Å². The first-order valence-corrected chi connectivity index (χ1v) is 8.84. The van der Waals surface area contributed by atoms with Gasteiger partial charge in [0, 0.05) is 12.8 Å². The molecular formula is C18H26N6O2. The Balaban J connectivity index is 2.00. The molecule has 1 saturated carbocycles. The highest BCUT2D eigenvalue weighted by Crippen LogP contribution is 2.41. The molecule has 0 unspecified atom stereocenters. The van der Waals surface area contributed by atoms with Crippen molar-refractivity contribution in [1.29, 1.82) is 0 Å². The van der Waals surface area contributed by atoms with Crippen LogP contribution in [0.4, 0.5) is 11.4 Å². The zero-order valence-corrected chi connectivity index (χ0v) is 15.3. The third-order valence-electron chi connectivity index (χ3n) is 4.86. The van der Waals surface area contributed by atoms with E-state index in [4.69, 9.17) is 16.2 Å². The van der Waals surface area contributed by atoms with E-state index in [0.29, 0.717) is 11.6 Å². The summed E-state index contributed by atoms with van der Waals surface area (Å²) in [6, 6.07) is 5.71. The standard InChI is InChI=1S/C18H26N6O2/c1-12-6-7-13(21-15(25)11-26-2)10-14(12)24-17(20)22-16(19)23-18(24)8-4-3-5-9-18/h6-7,10H,3-5,8-9,11H2,1-2H3,(H,21,25)(H4,19,20,22,23). The number of carbonyl (C=O) groups excluding carboxylic acids is 1. The average molecular weight is 358 g/mol. The minimum atomic E-state index is -0.506. The van der Waals surface area contributed by atoms with Crippen molar-refractivity contribution < 1.29 is 9.53 Å². The van der Waals surface area contributed by atoms with Crippen LogP contribution in [0.15, 0.2) is 28.2 Å². The lowest BCUT2D eigenvalue weighted by molar-refractivity contribution is -0.119. The van der Waals surface area contributed by atoms with Crippen LogP contribution in [0.5, 0.6) is 0 Å². The van der Waals surface area contributed by atoms with Crippen LogP contribution in [0.3, 0.4) is 0 Å². The number of methoxy groups -OCH3 is 1. The van der Waals surface area contributed by atoms with Gasteiger partial charge in [-0.1, -0.05) is 12.5 Å². The number of ether oxygens (including phenoxy) is 1. The lowest BCUT2D eigenvalue weighted by Crippen LogP contribution is -2.58. The number of nitrogens with two attached hydrogens (primary N) is 2. The molecule has 1 aromatic rings. The second-order valence-electron chi connectivity index (χ2n) is 6.80. The van der Waals surface area contributed by atoms with Crippen LogP contribution in [0.25, 0.3) is 0 Å². The quantitative estimate of drug-likeness (QED) is 0.757. The number of aryl methyl sites for hydroxylation is 1. The zero-order chi connectivity index (χ0) is 18.7. The van der Waals surface area contributed by atoms with Crippen LogP contribution < -0.4 is 21.7 Å². The highest BCUT2D eigenvalue weighted by atomic mass is 16.5. The summed E-state index contributed by atoms with van der Waals surface area (Å²) in [4.78, 5) is 22.7. The molecule has 0 atom stereocenters. The molecule has 1 aromatic carbocycles. The Morgan fingerprint density at radius 1 is 1.31 bits per heavy atom. The first kappa shape index (κ1) is 18.2. The van der Waals surface area contributed by atoms with Crippen molar-refractivity contribution in [3.05, 3.63) is 23.8 Å². The van der Waals surface area contributed by atoms with Crippen molar-refractivity contribution in [3.8, 4) is 0 Å². The first-order valence-electron chi connectivity index (χ1n) is 8.84. The van der Waals surface area contributed by atoms with E-state index < -0.39 is 5.66 Å². The Morgan fingerprint density at radius 2 is 2.04 bits per heavy atom. The molecule has 1 fully saturated rings. The molecule has 1 aliphatic heterocycles. The van der Waals surface area contributed by atoms with Crippen molar-refractivity contribution in [1.82, 2.24) is 0 Å². The van der Waals surface area contributed by atoms with E-state index in [-0.39, 0.29) is 18.5 Å². The van der Waals surface area contributed by atoms with Gasteiger partial charge in [-0.05, 0) is 50.3 Å². The molecule has 0 radical (unpaired) electrons. The number of guanidine groups is 2. The third kappa shape index (κ3) is 3.50. The summed E-state index contributed by atoms with van der Waals surface area (Å²) in [6.45, 7) is 2.00. The maximum Gasteiger partial charge on any atom is 0.250 e. The van der Waals surface area contributed by atoms with E-state index in [9.17, 15) is 4.79 Å². The fourth-order valence-corrected chi connectivity index (χ4v) is 3.73. The summed E-state index contributed by atoms with van der Waals surface area (Å²) in [7, 11) is 1.49. The van der Waals surface area contributed by atoms with Crippen LogP contribution in [-0.2, 0) is 9.53 Å². The summed E-state index contributed by atoms with van der Waals surface area (Å²) in [5.41, 5.74) is 14.3. The predicted octanol–water partition coefficient (Wildman–Crippen LogP) is 1.69. The number of hydrogen-bond donors (Lipinski definition) is 3. The van der Waals surface area contributed by atoms with Gasteiger partial charge < -0.3 is 21.5 Å². The Morgan fingerprint density at radius 3 is 2.73 bits per heavy atom. The second kappa shape index (κ2) is 7.33. The van der Waals surface area contributed by atoms with E-state index in [2.05, 4.69) is 15.3 Å². The van der Waals surface area contributed by atoms with Crippen LogP contribution in [-0.4, -0.2) is 37.2 Å². The smallest absolute Gasteiger partial charge is 0.250 e. The predicted molar refractivity (Wildman–Crippen MR) is 103 cm³/mol. The molecule has 1 spiro atoms. The monoisotopic (exact) mass is 358 g/mol. The van der Waals surface area contributed by atoms with Crippen molar-refractivity contribution in [2.75, 3.05) is 23.9 Å². The van der Waals surface area contributed by atoms with Gasteiger partial charge in [-0.25, -0.2) is 4.99 Å². The molecule has 0 bridgehead atoms. The largest absolute Gasteiger partial charge is 0.375 e. The molecular weight excluding hydrogens is 332 g/mol. The number of benzene rings is 1. The SMILES string of the molecule is COCC(=O)Nc1ccc(C)c(N2C(N)=NC(N)=NC23CCCCC3)c1. The van der Waals surface area contributed by atoms with Crippen LogP contribution in [0, 0.1) is 6.92 Å². The first-order chi connectivity index (χ1) is 12.4. The maximum absolute atomic E-state index is 11.9. The molecule has 0 saturated heterocycles. The number of anilines is 2. The topological polar surface area (TPSA) is 118 Å². The van der Waals surface area contributed by atoms with Gasteiger partial charge in [0.1, 0.15) is 12.3 Å². The van der Waals surface area contributed by atoms with Gasteiger partial charge in [-0.15, -0.1) is 0 Å². The number of rotatable bonds is 4. The number of hydrogen-bond acceptors (Lipinski definition) is 7. The van der Waals surface area contributed by atoms with Gasteiger partial charge in [-0.3, -0.25) is 9.69 Å². The van der Waals surface area contributed by atoms with Gasteiger partial charge in [0.2, 0.25) is 17.8 Å². The zero-order valence-electron chi connectivity index (χ0n) is 15.3. The summed E-state index contributed by atoms with van der Waals surface area (Å²) in [5, 5.41) is 2.83. The van der Waals surface area contributed by atoms with Crippen LogP contribution in [0.2, 0.25) is 0 Å². The number of aliphatic imine (C=N–C) groups is 2. The van der Waals surface area contributed by atoms with Gasteiger partial charge in [0.25, 0.3) is 0 Å². The van der Waals surface area contributed by atoms with Gasteiger partial charge in [0.05, 0.1) is 5.69 Å². The molecule has 0 aromatic heterocycles. The summed E-state index contributed by atoms with van der Waals surface area (Å²) >= 11 is 0. The number of amides is 1. The summed E-state index contributed by atoms with van der Waals surface area (Å²) in [5.74, 6) is 0.350. The number of nitrogens with zero attached hydrogens (tertiary/aromatic N) is 3.